The maximum atomic E-state index is 5.77. The first-order valence-electron chi connectivity index (χ1n) is 4.93. The summed E-state index contributed by atoms with van der Waals surface area (Å²) >= 11 is 6.85. The van der Waals surface area contributed by atoms with Crippen molar-refractivity contribution >= 4 is 37.8 Å². The van der Waals surface area contributed by atoms with Crippen LogP contribution in [0.15, 0.2) is 46.4 Å². The fraction of sp³-hybridized carbons (Fsp3) is 0.250. The molecule has 16 heavy (non-hydrogen) atoms. The van der Waals surface area contributed by atoms with Crippen LogP contribution in [0.5, 0.6) is 0 Å². The van der Waals surface area contributed by atoms with Crippen LogP contribution in [0.3, 0.4) is 0 Å². The number of halogens is 2. The van der Waals surface area contributed by atoms with Gasteiger partial charge in [-0.2, -0.15) is 0 Å². The lowest BCUT2D eigenvalue weighted by atomic mass is 10.2. The molecule has 2 rings (SSSR count). The number of nitrogens with zero attached hydrogens (tertiary/aromatic N) is 1. The molecule has 0 amide bonds. The van der Waals surface area contributed by atoms with Crippen LogP contribution < -0.4 is 0 Å². The van der Waals surface area contributed by atoms with Crippen LogP contribution in [0.25, 0.3) is 0 Å². The van der Waals surface area contributed by atoms with Gasteiger partial charge in [-0.1, -0.05) is 44.0 Å². The highest BCUT2D eigenvalue weighted by Gasteiger charge is 2.28. The van der Waals surface area contributed by atoms with Gasteiger partial charge in [-0.3, -0.25) is 0 Å². The second-order valence-corrected chi connectivity index (χ2v) is 5.04. The monoisotopic (exact) mass is 343 g/mol. The number of hydrogen-bond acceptors (Lipinski definition) is 2. The largest absolute Gasteiger partial charge is 0.471 e. The van der Waals surface area contributed by atoms with Crippen LogP contribution in [-0.4, -0.2) is 23.4 Å². The predicted molar refractivity (Wildman–Crippen MR) is 73.3 cm³/mol. The zero-order valence-electron chi connectivity index (χ0n) is 8.57. The van der Waals surface area contributed by atoms with Gasteiger partial charge in [0.1, 0.15) is 12.1 Å². The fourth-order valence-corrected chi connectivity index (χ4v) is 2.47. The smallest absolute Gasteiger partial charge is 0.217 e. The molecule has 0 saturated heterocycles. The summed E-state index contributed by atoms with van der Waals surface area (Å²) < 4.78 is 6.79. The summed E-state index contributed by atoms with van der Waals surface area (Å²) in [5.41, 5.74) is 0.990. The summed E-state index contributed by atoms with van der Waals surface area (Å²) in [6.07, 6.45) is 1.86. The molecule has 0 N–H and O–H groups in total. The van der Waals surface area contributed by atoms with Gasteiger partial charge in [-0.05, 0) is 18.2 Å². The van der Waals surface area contributed by atoms with Crippen molar-refractivity contribution in [1.29, 1.82) is 0 Å². The molecular weight excluding hydrogens is 334 g/mol. The van der Waals surface area contributed by atoms with Gasteiger partial charge < -0.3 is 4.74 Å². The van der Waals surface area contributed by atoms with Gasteiger partial charge in [0.15, 0.2) is 0 Å². The van der Waals surface area contributed by atoms with E-state index in [1.54, 1.807) is 0 Å². The number of hydrogen-bond donors (Lipinski definition) is 0. The molecule has 1 aromatic carbocycles. The molecule has 0 aliphatic carbocycles. The van der Waals surface area contributed by atoms with Crippen LogP contribution in [0.1, 0.15) is 5.56 Å². The Kier molecular flexibility index (Phi) is 3.82. The Morgan fingerprint density at radius 2 is 2.31 bits per heavy atom. The molecule has 1 heterocycles. The summed E-state index contributed by atoms with van der Waals surface area (Å²) in [5.74, 6) is 0.690. The summed E-state index contributed by atoms with van der Waals surface area (Å²) in [4.78, 5) is 4.50. The minimum atomic E-state index is 0.0355. The molecule has 2 atom stereocenters. The Balaban J connectivity index is 2.26. The molecule has 0 bridgehead atoms. The molecule has 1 aliphatic rings. The van der Waals surface area contributed by atoms with Crippen LogP contribution in [0.4, 0.5) is 0 Å². The van der Waals surface area contributed by atoms with Crippen molar-refractivity contribution in [3.05, 3.63) is 47.0 Å². The molecule has 0 saturated carbocycles. The Morgan fingerprint density at radius 3 is 2.88 bits per heavy atom. The molecule has 0 radical (unpaired) electrons. The van der Waals surface area contributed by atoms with E-state index in [0.717, 1.165) is 15.4 Å². The molecular formula is C12H11Br2NO. The number of ether oxygens (including phenoxy) is 1. The Labute approximate surface area is 112 Å². The van der Waals surface area contributed by atoms with E-state index in [0.29, 0.717) is 5.90 Å². The third kappa shape index (κ3) is 2.38. The maximum Gasteiger partial charge on any atom is 0.217 e. The maximum absolute atomic E-state index is 5.77. The van der Waals surface area contributed by atoms with Gasteiger partial charge in [0.25, 0.3) is 0 Å². The Bertz CT molecular complexity index is 431. The molecule has 1 aromatic rings. The Hall–Kier alpha value is -0.610. The fourth-order valence-electron chi connectivity index (χ4n) is 1.55. The third-order valence-corrected chi connectivity index (χ3v) is 3.51. The van der Waals surface area contributed by atoms with E-state index in [4.69, 9.17) is 4.74 Å². The minimum absolute atomic E-state index is 0.0355. The van der Waals surface area contributed by atoms with E-state index in [1.165, 1.54) is 0 Å². The first kappa shape index (κ1) is 11.9. The summed E-state index contributed by atoms with van der Waals surface area (Å²) in [5, 5.41) is 0.755. The summed E-state index contributed by atoms with van der Waals surface area (Å²) in [7, 11) is 0. The van der Waals surface area contributed by atoms with Crippen LogP contribution in [0.2, 0.25) is 0 Å². The van der Waals surface area contributed by atoms with Crippen molar-refractivity contribution in [3.63, 3.8) is 0 Å². The highest BCUT2D eigenvalue weighted by atomic mass is 79.9. The zero-order valence-corrected chi connectivity index (χ0v) is 11.7. The molecule has 0 aromatic heterocycles. The SMILES string of the molecule is C=C[C@@H]1N=C(c2cccc(Br)c2)O[C@@H]1CBr. The number of benzene rings is 1. The van der Waals surface area contributed by atoms with E-state index < -0.39 is 0 Å². The highest BCUT2D eigenvalue weighted by molar-refractivity contribution is 9.10. The second-order valence-electron chi connectivity index (χ2n) is 3.48. The molecule has 0 spiro atoms. The lowest BCUT2D eigenvalue weighted by molar-refractivity contribution is 0.233. The van der Waals surface area contributed by atoms with Crippen molar-refractivity contribution in [2.75, 3.05) is 5.33 Å². The first-order chi connectivity index (χ1) is 7.74. The van der Waals surface area contributed by atoms with E-state index in [2.05, 4.69) is 43.4 Å². The third-order valence-electron chi connectivity index (χ3n) is 2.38. The minimum Gasteiger partial charge on any atom is -0.471 e. The predicted octanol–water partition coefficient (Wildman–Crippen LogP) is 3.54. The average Bonchev–Trinajstić information content (AvgIpc) is 2.72. The van der Waals surface area contributed by atoms with Gasteiger partial charge in [0.05, 0.1) is 0 Å². The van der Waals surface area contributed by atoms with Gasteiger partial charge >= 0.3 is 0 Å². The topological polar surface area (TPSA) is 21.6 Å². The van der Waals surface area contributed by atoms with Crippen LogP contribution in [-0.2, 0) is 4.74 Å². The van der Waals surface area contributed by atoms with Crippen LogP contribution in [0, 0.1) is 0 Å². The average molecular weight is 345 g/mol. The number of rotatable bonds is 3. The standard InChI is InChI=1S/C12H11Br2NO/c1-2-10-11(7-13)16-12(15-10)8-4-3-5-9(14)6-8/h2-6,10-11H,1,7H2/t10-,11+/m0/s1. The Morgan fingerprint density at radius 1 is 1.50 bits per heavy atom. The van der Waals surface area contributed by atoms with Crippen molar-refractivity contribution in [2.45, 2.75) is 12.1 Å². The van der Waals surface area contributed by atoms with E-state index >= 15 is 0 Å². The van der Waals surface area contributed by atoms with E-state index in [-0.39, 0.29) is 12.1 Å². The number of alkyl halides is 1. The first-order valence-corrected chi connectivity index (χ1v) is 6.85. The quantitative estimate of drug-likeness (QED) is 0.607. The van der Waals surface area contributed by atoms with Gasteiger partial charge in [-0.15, -0.1) is 6.58 Å². The molecule has 0 fully saturated rings. The van der Waals surface area contributed by atoms with Crippen LogP contribution >= 0.6 is 31.9 Å². The zero-order chi connectivity index (χ0) is 11.5. The van der Waals surface area contributed by atoms with Crippen molar-refractivity contribution in [1.82, 2.24) is 0 Å². The molecule has 84 valence electrons. The molecule has 0 unspecified atom stereocenters. The van der Waals surface area contributed by atoms with Gasteiger partial charge in [0.2, 0.25) is 5.90 Å². The summed E-state index contributed by atoms with van der Waals surface area (Å²) in [6, 6.07) is 7.96. The van der Waals surface area contributed by atoms with E-state index in [9.17, 15) is 0 Å². The lowest BCUT2D eigenvalue weighted by Gasteiger charge is -2.11. The normalized spacial score (nSPS) is 23.8. The van der Waals surface area contributed by atoms with Gasteiger partial charge in [0, 0.05) is 15.4 Å². The summed E-state index contributed by atoms with van der Waals surface area (Å²) in [6.45, 7) is 3.77. The van der Waals surface area contributed by atoms with Gasteiger partial charge in [-0.25, -0.2) is 4.99 Å². The van der Waals surface area contributed by atoms with Crippen molar-refractivity contribution in [3.8, 4) is 0 Å². The number of aliphatic imine (C=N–C) groups is 1. The lowest BCUT2D eigenvalue weighted by Crippen LogP contribution is -2.22. The molecule has 2 nitrogen and oxygen atoms in total. The van der Waals surface area contributed by atoms with Crippen molar-refractivity contribution in [2.24, 2.45) is 4.99 Å². The molecule has 4 heteroatoms. The second kappa shape index (κ2) is 5.15. The highest BCUT2D eigenvalue weighted by Crippen LogP contribution is 2.22. The molecule has 1 aliphatic heterocycles. The van der Waals surface area contributed by atoms with Crippen molar-refractivity contribution < 1.29 is 4.74 Å². The van der Waals surface area contributed by atoms with E-state index in [1.807, 2.05) is 30.3 Å².